The van der Waals surface area contributed by atoms with Crippen molar-refractivity contribution in [2.45, 2.75) is 20.3 Å². The zero-order valence-electron chi connectivity index (χ0n) is 9.79. The van der Waals surface area contributed by atoms with Gasteiger partial charge in [0.25, 0.3) is 5.91 Å². The fourth-order valence-corrected chi connectivity index (χ4v) is 1.95. The first-order valence-corrected chi connectivity index (χ1v) is 5.68. The molecule has 0 spiro atoms. The number of carbonyl (C=O) groups is 1. The van der Waals surface area contributed by atoms with E-state index in [0.717, 1.165) is 24.2 Å². The van der Waals surface area contributed by atoms with Crippen molar-refractivity contribution in [2.24, 2.45) is 0 Å². The molecule has 0 saturated heterocycles. The van der Waals surface area contributed by atoms with E-state index < -0.39 is 0 Å². The van der Waals surface area contributed by atoms with Crippen molar-refractivity contribution >= 4 is 17.8 Å². The Balaban J connectivity index is 2.42. The monoisotopic (exact) mass is 217 g/mol. The predicted molar refractivity (Wildman–Crippen MR) is 65.3 cm³/mol. The highest BCUT2D eigenvalue weighted by Gasteiger charge is 2.18. The number of rotatable bonds is 2. The van der Waals surface area contributed by atoms with Crippen molar-refractivity contribution in [2.75, 3.05) is 18.4 Å². The van der Waals surface area contributed by atoms with Gasteiger partial charge in [-0.15, -0.1) is 0 Å². The lowest BCUT2D eigenvalue weighted by molar-refractivity contribution is -0.510. The fourth-order valence-electron chi connectivity index (χ4n) is 1.95. The molecule has 0 atom stereocenters. The normalized spacial score (nSPS) is 14.9. The van der Waals surface area contributed by atoms with Crippen LogP contribution < -0.4 is 5.32 Å². The summed E-state index contributed by atoms with van der Waals surface area (Å²) in [6, 6.07) is 6.08. The van der Waals surface area contributed by atoms with Gasteiger partial charge in [-0.25, -0.2) is 4.58 Å². The number of benzene rings is 1. The number of fused-ring (bicyclic) bond motifs is 1. The van der Waals surface area contributed by atoms with Crippen molar-refractivity contribution in [3.8, 4) is 0 Å². The third-order valence-electron chi connectivity index (χ3n) is 2.66. The highest BCUT2D eigenvalue weighted by molar-refractivity contribution is 5.99. The van der Waals surface area contributed by atoms with E-state index in [0.29, 0.717) is 6.54 Å². The van der Waals surface area contributed by atoms with Crippen molar-refractivity contribution in [1.82, 2.24) is 0 Å². The molecule has 3 heteroatoms. The van der Waals surface area contributed by atoms with Crippen LogP contribution in [0, 0.1) is 6.92 Å². The molecule has 0 unspecified atom stereocenters. The lowest BCUT2D eigenvalue weighted by atomic mass is 10.1. The van der Waals surface area contributed by atoms with Crippen molar-refractivity contribution in [3.05, 3.63) is 29.3 Å². The van der Waals surface area contributed by atoms with Crippen molar-refractivity contribution in [3.63, 3.8) is 0 Å². The summed E-state index contributed by atoms with van der Waals surface area (Å²) in [5.41, 5.74) is 3.22. The number of amides is 1. The molecule has 0 saturated carbocycles. The maximum atomic E-state index is 11.6. The van der Waals surface area contributed by atoms with Crippen LogP contribution in [0.2, 0.25) is 0 Å². The van der Waals surface area contributed by atoms with Gasteiger partial charge in [0.15, 0.2) is 6.21 Å². The standard InChI is InChI=1S/C13H16N2O/c1-3-6-15-8-11-7-10(2)4-5-12(11)14-13(16)9-15/h4-5,7-8H,3,6,9H2,1-2H3/p+1. The largest absolute Gasteiger partial charge is 0.320 e. The maximum absolute atomic E-state index is 11.6. The first kappa shape index (κ1) is 10.9. The van der Waals surface area contributed by atoms with Gasteiger partial charge in [0.05, 0.1) is 11.3 Å². The summed E-state index contributed by atoms with van der Waals surface area (Å²) in [5, 5.41) is 2.93. The lowest BCUT2D eigenvalue weighted by Crippen LogP contribution is -2.24. The zero-order chi connectivity index (χ0) is 11.5. The Labute approximate surface area is 95.8 Å². The Hall–Kier alpha value is -1.64. The number of anilines is 1. The number of nitrogens with zero attached hydrogens (tertiary/aromatic N) is 1. The number of benzodiazepines with no additional fused rings is 1. The summed E-state index contributed by atoms with van der Waals surface area (Å²) in [4.78, 5) is 11.6. The van der Waals surface area contributed by atoms with E-state index in [1.807, 2.05) is 12.1 Å². The Kier molecular flexibility index (Phi) is 3.04. The second-order valence-electron chi connectivity index (χ2n) is 4.24. The smallest absolute Gasteiger partial charge is 0.289 e. The molecular weight excluding hydrogens is 200 g/mol. The first-order chi connectivity index (χ1) is 7.69. The van der Waals surface area contributed by atoms with Gasteiger partial charge in [-0.05, 0) is 19.1 Å². The average Bonchev–Trinajstić information content (AvgIpc) is 2.36. The van der Waals surface area contributed by atoms with Crippen LogP contribution in [0.5, 0.6) is 0 Å². The maximum Gasteiger partial charge on any atom is 0.289 e. The number of aryl methyl sites for hydroxylation is 1. The van der Waals surface area contributed by atoms with Crippen LogP contribution in [-0.2, 0) is 4.79 Å². The van der Waals surface area contributed by atoms with Crippen LogP contribution >= 0.6 is 0 Å². The van der Waals surface area contributed by atoms with E-state index in [2.05, 4.69) is 36.0 Å². The van der Waals surface area contributed by atoms with Gasteiger partial charge in [-0.1, -0.05) is 18.6 Å². The summed E-state index contributed by atoms with van der Waals surface area (Å²) in [5.74, 6) is 0.0623. The van der Waals surface area contributed by atoms with Gasteiger partial charge in [-0.3, -0.25) is 4.79 Å². The van der Waals surface area contributed by atoms with Crippen LogP contribution in [-0.4, -0.2) is 29.8 Å². The zero-order valence-corrected chi connectivity index (χ0v) is 9.79. The minimum atomic E-state index is 0.0623. The highest BCUT2D eigenvalue weighted by Crippen LogP contribution is 2.17. The van der Waals surface area contributed by atoms with Crippen LogP contribution in [0.25, 0.3) is 0 Å². The van der Waals surface area contributed by atoms with Crippen molar-refractivity contribution in [1.29, 1.82) is 0 Å². The van der Waals surface area contributed by atoms with Crippen LogP contribution in [0.4, 0.5) is 5.69 Å². The molecule has 0 aromatic heterocycles. The molecule has 3 nitrogen and oxygen atoms in total. The van der Waals surface area contributed by atoms with E-state index >= 15 is 0 Å². The molecule has 84 valence electrons. The van der Waals surface area contributed by atoms with Gasteiger partial charge in [0, 0.05) is 6.42 Å². The molecule has 1 aliphatic rings. The Morgan fingerprint density at radius 2 is 2.25 bits per heavy atom. The topological polar surface area (TPSA) is 32.1 Å². The van der Waals surface area contributed by atoms with E-state index in [1.165, 1.54) is 5.56 Å². The second-order valence-corrected chi connectivity index (χ2v) is 4.24. The predicted octanol–water partition coefficient (Wildman–Crippen LogP) is 1.79. The van der Waals surface area contributed by atoms with Gasteiger partial charge in [-0.2, -0.15) is 0 Å². The van der Waals surface area contributed by atoms with Crippen molar-refractivity contribution < 1.29 is 9.37 Å². The molecule has 1 heterocycles. The number of nitrogens with one attached hydrogen (secondary N) is 1. The molecule has 0 aliphatic carbocycles. The minimum Gasteiger partial charge on any atom is -0.320 e. The molecule has 0 radical (unpaired) electrons. The van der Waals surface area contributed by atoms with Gasteiger partial charge < -0.3 is 5.32 Å². The van der Waals surface area contributed by atoms with Crippen LogP contribution in [0.3, 0.4) is 0 Å². The fraction of sp³-hybridized carbons (Fsp3) is 0.385. The first-order valence-electron chi connectivity index (χ1n) is 5.68. The second kappa shape index (κ2) is 4.47. The lowest BCUT2D eigenvalue weighted by Gasteiger charge is -2.02. The molecule has 1 aliphatic heterocycles. The van der Waals surface area contributed by atoms with E-state index in [9.17, 15) is 4.79 Å². The summed E-state index contributed by atoms with van der Waals surface area (Å²) in [7, 11) is 0. The number of hydrogen-bond donors (Lipinski definition) is 1. The Bertz CT molecular complexity index is 449. The molecule has 1 aromatic carbocycles. The van der Waals surface area contributed by atoms with E-state index in [4.69, 9.17) is 0 Å². The number of hydrogen-bond acceptors (Lipinski definition) is 1. The van der Waals surface area contributed by atoms with E-state index in [-0.39, 0.29) is 5.91 Å². The molecule has 2 rings (SSSR count). The number of carbonyl (C=O) groups excluding carboxylic acids is 1. The van der Waals surface area contributed by atoms with Crippen LogP contribution in [0.15, 0.2) is 18.2 Å². The molecule has 0 bridgehead atoms. The third kappa shape index (κ3) is 2.30. The van der Waals surface area contributed by atoms with Gasteiger partial charge in [0.1, 0.15) is 6.54 Å². The minimum absolute atomic E-state index is 0.0623. The quantitative estimate of drug-likeness (QED) is 0.752. The SMILES string of the molecule is CCC[N+]1=Cc2cc(C)ccc2NC(=O)C1. The van der Waals surface area contributed by atoms with E-state index in [1.54, 1.807) is 0 Å². The summed E-state index contributed by atoms with van der Waals surface area (Å²) in [6.07, 6.45) is 3.12. The third-order valence-corrected chi connectivity index (χ3v) is 2.66. The Morgan fingerprint density at radius 3 is 3.00 bits per heavy atom. The summed E-state index contributed by atoms with van der Waals surface area (Å²) < 4.78 is 2.07. The molecule has 1 aromatic rings. The van der Waals surface area contributed by atoms with Gasteiger partial charge >= 0.3 is 0 Å². The molecule has 0 fully saturated rings. The average molecular weight is 217 g/mol. The Morgan fingerprint density at radius 1 is 1.44 bits per heavy atom. The van der Waals surface area contributed by atoms with Crippen LogP contribution in [0.1, 0.15) is 24.5 Å². The summed E-state index contributed by atoms with van der Waals surface area (Å²) >= 11 is 0. The highest BCUT2D eigenvalue weighted by atomic mass is 16.2. The molecule has 16 heavy (non-hydrogen) atoms. The molecule has 1 amide bonds. The molecular formula is C13H17N2O+. The summed E-state index contributed by atoms with van der Waals surface area (Å²) in [6.45, 7) is 5.54. The van der Waals surface area contributed by atoms with Gasteiger partial charge in [0.2, 0.25) is 6.54 Å². The molecule has 1 N–H and O–H groups in total.